The Kier molecular flexibility index (Phi) is 4.29. The zero-order valence-electron chi connectivity index (χ0n) is 11.3. The van der Waals surface area contributed by atoms with Crippen LogP contribution in [-0.4, -0.2) is 10.9 Å². The summed E-state index contributed by atoms with van der Waals surface area (Å²) in [5, 5.41) is 3.05. The molecule has 0 spiro atoms. The molecule has 0 unspecified atom stereocenters. The molecule has 0 saturated carbocycles. The number of aromatic nitrogens is 1. The molecule has 0 aliphatic rings. The van der Waals surface area contributed by atoms with E-state index in [4.69, 9.17) is 0 Å². The van der Waals surface area contributed by atoms with E-state index in [-0.39, 0.29) is 11.9 Å². The first-order chi connectivity index (χ1) is 9.20. The molecule has 0 fully saturated rings. The number of hydrogen-bond acceptors (Lipinski definition) is 2. The van der Waals surface area contributed by atoms with Crippen molar-refractivity contribution >= 4 is 5.91 Å². The number of amides is 1. The van der Waals surface area contributed by atoms with Crippen molar-refractivity contribution in [3.63, 3.8) is 0 Å². The monoisotopic (exact) mass is 254 g/mol. The Hall–Kier alpha value is -2.16. The zero-order valence-corrected chi connectivity index (χ0v) is 11.3. The lowest BCUT2D eigenvalue weighted by Gasteiger charge is -2.17. The lowest BCUT2D eigenvalue weighted by molar-refractivity contribution is 0.0935. The van der Waals surface area contributed by atoms with Crippen LogP contribution >= 0.6 is 0 Å². The van der Waals surface area contributed by atoms with Crippen molar-refractivity contribution in [3.8, 4) is 0 Å². The Morgan fingerprint density at radius 1 is 1.16 bits per heavy atom. The maximum absolute atomic E-state index is 12.1. The van der Waals surface area contributed by atoms with E-state index >= 15 is 0 Å². The molecule has 0 aliphatic heterocycles. The Morgan fingerprint density at radius 3 is 2.37 bits per heavy atom. The fourth-order valence-corrected chi connectivity index (χ4v) is 1.96. The number of rotatable bonds is 4. The minimum Gasteiger partial charge on any atom is -0.345 e. The van der Waals surface area contributed by atoms with Gasteiger partial charge in [-0.2, -0.15) is 0 Å². The predicted octanol–water partition coefficient (Wildman–Crippen LogP) is 3.27. The third-order valence-electron chi connectivity index (χ3n) is 3.14. The molecule has 3 nitrogen and oxygen atoms in total. The third kappa shape index (κ3) is 3.41. The van der Waals surface area contributed by atoms with Gasteiger partial charge >= 0.3 is 0 Å². The van der Waals surface area contributed by atoms with Crippen LogP contribution in [0.4, 0.5) is 0 Å². The minimum atomic E-state index is -0.0603. The van der Waals surface area contributed by atoms with Crippen molar-refractivity contribution in [3.05, 3.63) is 65.5 Å². The normalized spacial score (nSPS) is 11.9. The van der Waals surface area contributed by atoms with Gasteiger partial charge in [-0.05, 0) is 31.0 Å². The SMILES string of the molecule is CC[C@H](NC(=O)c1ccncc1)c1ccc(C)cc1. The van der Waals surface area contributed by atoms with Crippen molar-refractivity contribution in [2.75, 3.05) is 0 Å². The second-order valence-corrected chi connectivity index (χ2v) is 4.58. The summed E-state index contributed by atoms with van der Waals surface area (Å²) >= 11 is 0. The molecular formula is C16H18N2O. The second kappa shape index (κ2) is 6.14. The molecule has 1 aromatic carbocycles. The van der Waals surface area contributed by atoms with E-state index in [0.717, 1.165) is 12.0 Å². The lowest BCUT2D eigenvalue weighted by atomic mass is 10.0. The fraction of sp³-hybridized carbons (Fsp3) is 0.250. The average Bonchev–Trinajstić information content (AvgIpc) is 2.46. The predicted molar refractivity (Wildman–Crippen MR) is 75.9 cm³/mol. The number of aryl methyl sites for hydroxylation is 1. The molecule has 1 N–H and O–H groups in total. The van der Waals surface area contributed by atoms with E-state index < -0.39 is 0 Å². The summed E-state index contributed by atoms with van der Waals surface area (Å²) in [6, 6.07) is 11.7. The quantitative estimate of drug-likeness (QED) is 0.909. The molecule has 2 aromatic rings. The summed E-state index contributed by atoms with van der Waals surface area (Å²) in [5.41, 5.74) is 3.00. The molecule has 2 rings (SSSR count). The van der Waals surface area contributed by atoms with Crippen LogP contribution in [0, 0.1) is 6.92 Å². The first-order valence-corrected chi connectivity index (χ1v) is 6.48. The van der Waals surface area contributed by atoms with Gasteiger partial charge in [-0.3, -0.25) is 9.78 Å². The highest BCUT2D eigenvalue weighted by Crippen LogP contribution is 2.17. The van der Waals surface area contributed by atoms with Gasteiger partial charge in [0, 0.05) is 18.0 Å². The van der Waals surface area contributed by atoms with Crippen LogP contribution in [0.5, 0.6) is 0 Å². The van der Waals surface area contributed by atoms with E-state index in [0.29, 0.717) is 5.56 Å². The molecule has 1 aromatic heterocycles. The van der Waals surface area contributed by atoms with Crippen LogP contribution in [0.1, 0.15) is 40.9 Å². The smallest absolute Gasteiger partial charge is 0.251 e. The number of hydrogen-bond donors (Lipinski definition) is 1. The fourth-order valence-electron chi connectivity index (χ4n) is 1.96. The molecule has 3 heteroatoms. The number of carbonyl (C=O) groups is 1. The van der Waals surface area contributed by atoms with Crippen LogP contribution in [0.3, 0.4) is 0 Å². The standard InChI is InChI=1S/C16H18N2O/c1-3-15(13-6-4-12(2)5-7-13)18-16(19)14-8-10-17-11-9-14/h4-11,15H,3H2,1-2H3,(H,18,19)/t15-/m0/s1. The highest BCUT2D eigenvalue weighted by Gasteiger charge is 2.13. The van der Waals surface area contributed by atoms with Gasteiger partial charge in [-0.25, -0.2) is 0 Å². The van der Waals surface area contributed by atoms with Gasteiger partial charge in [0.15, 0.2) is 0 Å². The number of pyridine rings is 1. The summed E-state index contributed by atoms with van der Waals surface area (Å²) in [6.07, 6.45) is 4.11. The number of carbonyl (C=O) groups excluding carboxylic acids is 1. The molecule has 98 valence electrons. The zero-order chi connectivity index (χ0) is 13.7. The number of benzene rings is 1. The Labute approximate surface area is 113 Å². The van der Waals surface area contributed by atoms with Crippen molar-refractivity contribution in [1.29, 1.82) is 0 Å². The number of nitrogens with zero attached hydrogens (tertiary/aromatic N) is 1. The summed E-state index contributed by atoms with van der Waals surface area (Å²) in [4.78, 5) is 16.0. The van der Waals surface area contributed by atoms with Crippen molar-refractivity contribution < 1.29 is 4.79 Å². The van der Waals surface area contributed by atoms with Crippen LogP contribution in [0.25, 0.3) is 0 Å². The van der Waals surface area contributed by atoms with Crippen molar-refractivity contribution in [1.82, 2.24) is 10.3 Å². The van der Waals surface area contributed by atoms with Gasteiger partial charge in [0.25, 0.3) is 5.91 Å². The lowest BCUT2D eigenvalue weighted by Crippen LogP contribution is -2.28. The van der Waals surface area contributed by atoms with Crippen LogP contribution in [0.15, 0.2) is 48.8 Å². The maximum atomic E-state index is 12.1. The molecule has 1 atom stereocenters. The first kappa shape index (κ1) is 13.3. The largest absolute Gasteiger partial charge is 0.345 e. The summed E-state index contributed by atoms with van der Waals surface area (Å²) in [6.45, 7) is 4.12. The highest BCUT2D eigenvalue weighted by molar-refractivity contribution is 5.94. The van der Waals surface area contributed by atoms with E-state index in [1.54, 1.807) is 24.5 Å². The minimum absolute atomic E-state index is 0.0428. The van der Waals surface area contributed by atoms with Crippen LogP contribution < -0.4 is 5.32 Å². The summed E-state index contributed by atoms with van der Waals surface area (Å²) in [5.74, 6) is -0.0603. The maximum Gasteiger partial charge on any atom is 0.251 e. The van der Waals surface area contributed by atoms with Gasteiger partial charge in [-0.15, -0.1) is 0 Å². The van der Waals surface area contributed by atoms with Gasteiger partial charge in [0.2, 0.25) is 0 Å². The average molecular weight is 254 g/mol. The Bertz CT molecular complexity index is 534. The summed E-state index contributed by atoms with van der Waals surface area (Å²) < 4.78 is 0. The molecule has 0 radical (unpaired) electrons. The molecule has 0 saturated heterocycles. The number of nitrogens with one attached hydrogen (secondary N) is 1. The molecular weight excluding hydrogens is 236 g/mol. The Morgan fingerprint density at radius 2 is 1.79 bits per heavy atom. The van der Waals surface area contributed by atoms with Gasteiger partial charge < -0.3 is 5.32 Å². The van der Waals surface area contributed by atoms with Gasteiger partial charge in [-0.1, -0.05) is 36.8 Å². The third-order valence-corrected chi connectivity index (χ3v) is 3.14. The first-order valence-electron chi connectivity index (χ1n) is 6.48. The molecule has 1 heterocycles. The molecule has 19 heavy (non-hydrogen) atoms. The van der Waals surface area contributed by atoms with E-state index in [1.807, 2.05) is 0 Å². The second-order valence-electron chi connectivity index (χ2n) is 4.58. The van der Waals surface area contributed by atoms with E-state index in [2.05, 4.69) is 48.4 Å². The Balaban J connectivity index is 2.11. The van der Waals surface area contributed by atoms with Crippen molar-refractivity contribution in [2.24, 2.45) is 0 Å². The van der Waals surface area contributed by atoms with E-state index in [1.165, 1.54) is 5.56 Å². The van der Waals surface area contributed by atoms with E-state index in [9.17, 15) is 4.79 Å². The molecule has 0 bridgehead atoms. The van der Waals surface area contributed by atoms with Gasteiger partial charge in [0.1, 0.15) is 0 Å². The molecule has 0 aliphatic carbocycles. The van der Waals surface area contributed by atoms with Crippen molar-refractivity contribution in [2.45, 2.75) is 26.3 Å². The highest BCUT2D eigenvalue weighted by atomic mass is 16.1. The van der Waals surface area contributed by atoms with Gasteiger partial charge in [0.05, 0.1) is 6.04 Å². The van der Waals surface area contributed by atoms with Crippen LogP contribution in [0.2, 0.25) is 0 Å². The molecule has 1 amide bonds. The van der Waals surface area contributed by atoms with Crippen LogP contribution in [-0.2, 0) is 0 Å². The summed E-state index contributed by atoms with van der Waals surface area (Å²) in [7, 11) is 0. The topological polar surface area (TPSA) is 42.0 Å².